The molecule has 0 heterocycles. The first-order valence-electron chi connectivity index (χ1n) is 6.44. The average molecular weight is 266 g/mol. The van der Waals surface area contributed by atoms with Gasteiger partial charge >= 0.3 is 0 Å². The number of rotatable bonds is 0. The third-order valence-electron chi connectivity index (χ3n) is 2.95. The van der Waals surface area contributed by atoms with Crippen LogP contribution in [0.4, 0.5) is 0 Å². The number of quaternary nitrogens is 2. The van der Waals surface area contributed by atoms with Crippen molar-refractivity contribution in [2.45, 2.75) is 63.5 Å². The predicted octanol–water partition coefficient (Wildman–Crippen LogP) is -1.13. The zero-order valence-electron chi connectivity index (χ0n) is 10.9. The second-order valence-electron chi connectivity index (χ2n) is 5.07. The molecule has 0 atom stereocenters. The van der Waals surface area contributed by atoms with Crippen LogP contribution in [-0.4, -0.2) is 18.7 Å². The average Bonchev–Trinajstić information content (AvgIpc) is 2.76. The van der Waals surface area contributed by atoms with E-state index >= 15 is 0 Å². The van der Waals surface area contributed by atoms with Gasteiger partial charge in [-0.3, -0.25) is 0 Å². The van der Waals surface area contributed by atoms with Gasteiger partial charge in [0.05, 0.1) is 12.1 Å². The van der Waals surface area contributed by atoms with Crippen LogP contribution in [0.3, 0.4) is 0 Å². The standard InChI is InChI=1S/2C5H11N.CH5O3P/c2*6-5-3-1-2-4-5;1-5(2,3)4/h2*5H,1-4,6H2;1H3,(H2,2,3,4). The Morgan fingerprint density at radius 2 is 1.06 bits per heavy atom. The van der Waals surface area contributed by atoms with Crippen LogP contribution in [0.15, 0.2) is 0 Å². The van der Waals surface area contributed by atoms with Gasteiger partial charge in [0.2, 0.25) is 0 Å². The summed E-state index contributed by atoms with van der Waals surface area (Å²) in [6, 6.07) is 1.59. The molecule has 0 saturated heterocycles. The normalized spacial score (nSPS) is 21.5. The van der Waals surface area contributed by atoms with E-state index in [0.717, 1.165) is 12.1 Å². The van der Waals surface area contributed by atoms with Gasteiger partial charge < -0.3 is 25.8 Å². The molecule has 0 aromatic rings. The summed E-state index contributed by atoms with van der Waals surface area (Å²) in [7, 11) is -4.14. The highest BCUT2D eigenvalue weighted by Crippen LogP contribution is 2.13. The Hall–Kier alpha value is 0.0700. The van der Waals surface area contributed by atoms with E-state index in [0.29, 0.717) is 6.66 Å². The SMILES string of the molecule is CP(=O)([O-])[O-].[NH3+]C1CCCC1.[NH3+]C1CCCC1. The molecule has 2 aliphatic rings. The van der Waals surface area contributed by atoms with Crippen LogP contribution in [0.1, 0.15) is 51.4 Å². The molecule has 2 rings (SSSR count). The van der Waals surface area contributed by atoms with Crippen molar-refractivity contribution in [2.24, 2.45) is 0 Å². The van der Waals surface area contributed by atoms with E-state index in [4.69, 9.17) is 14.4 Å². The zero-order chi connectivity index (χ0) is 13.3. The molecule has 0 aromatic carbocycles. The van der Waals surface area contributed by atoms with E-state index in [1.165, 1.54) is 51.4 Å². The Kier molecular flexibility index (Phi) is 9.10. The second kappa shape index (κ2) is 9.06. The highest BCUT2D eigenvalue weighted by molar-refractivity contribution is 7.47. The minimum Gasteiger partial charge on any atom is -0.811 e. The Bertz CT molecular complexity index is 198. The first kappa shape index (κ1) is 17.1. The smallest absolute Gasteiger partial charge is 0.0843 e. The van der Waals surface area contributed by atoms with Crippen molar-refractivity contribution in [3.05, 3.63) is 0 Å². The summed E-state index contributed by atoms with van der Waals surface area (Å²) in [5.41, 5.74) is 7.88. The van der Waals surface area contributed by atoms with Crippen LogP contribution in [-0.2, 0) is 4.57 Å². The summed E-state index contributed by atoms with van der Waals surface area (Å²) in [4.78, 5) is 18.2. The van der Waals surface area contributed by atoms with Crippen molar-refractivity contribution in [3.8, 4) is 0 Å². The third kappa shape index (κ3) is 16.1. The molecular formula is C11H27N2O3P. The molecule has 0 radical (unpaired) electrons. The summed E-state index contributed by atoms with van der Waals surface area (Å²) < 4.78 is 9.10. The van der Waals surface area contributed by atoms with Gasteiger partial charge in [-0.25, -0.2) is 0 Å². The van der Waals surface area contributed by atoms with Crippen LogP contribution >= 0.6 is 7.60 Å². The van der Waals surface area contributed by atoms with Gasteiger partial charge in [0, 0.05) is 0 Å². The molecule has 5 nitrogen and oxygen atoms in total. The monoisotopic (exact) mass is 266 g/mol. The molecule has 0 unspecified atom stereocenters. The third-order valence-corrected chi connectivity index (χ3v) is 2.95. The molecule has 6 heteroatoms. The fourth-order valence-corrected chi connectivity index (χ4v) is 2.02. The van der Waals surface area contributed by atoms with E-state index in [2.05, 4.69) is 11.5 Å². The minimum atomic E-state index is -4.14. The largest absolute Gasteiger partial charge is 0.811 e. The highest BCUT2D eigenvalue weighted by Gasteiger charge is 2.11. The molecule has 17 heavy (non-hydrogen) atoms. The molecule has 2 aliphatic carbocycles. The van der Waals surface area contributed by atoms with Crippen molar-refractivity contribution in [1.82, 2.24) is 0 Å². The van der Waals surface area contributed by atoms with Crippen molar-refractivity contribution >= 4 is 7.60 Å². The highest BCUT2D eigenvalue weighted by atomic mass is 31.2. The minimum absolute atomic E-state index is 0.632. The summed E-state index contributed by atoms with van der Waals surface area (Å²) in [6.07, 6.45) is 11.2. The maximum absolute atomic E-state index is 9.10. The number of hydrogen-bond donors (Lipinski definition) is 2. The van der Waals surface area contributed by atoms with E-state index in [1.807, 2.05) is 0 Å². The zero-order valence-corrected chi connectivity index (χ0v) is 11.8. The fourth-order valence-electron chi connectivity index (χ4n) is 2.02. The van der Waals surface area contributed by atoms with Crippen LogP contribution in [0.5, 0.6) is 0 Å². The Morgan fingerprint density at radius 1 is 0.882 bits per heavy atom. The van der Waals surface area contributed by atoms with Crippen LogP contribution in [0, 0.1) is 0 Å². The lowest BCUT2D eigenvalue weighted by Gasteiger charge is -2.22. The quantitative estimate of drug-likeness (QED) is 0.540. The molecular weight excluding hydrogens is 239 g/mol. The lowest BCUT2D eigenvalue weighted by atomic mass is 10.3. The molecule has 6 N–H and O–H groups in total. The van der Waals surface area contributed by atoms with Gasteiger partial charge in [-0.1, -0.05) is 7.60 Å². The van der Waals surface area contributed by atoms with Crippen LogP contribution < -0.4 is 21.3 Å². The summed E-state index contributed by atoms with van der Waals surface area (Å²) >= 11 is 0. The maximum atomic E-state index is 9.10. The first-order chi connectivity index (χ1) is 7.79. The Labute approximate surface area is 104 Å². The van der Waals surface area contributed by atoms with Gasteiger partial charge in [-0.15, -0.1) is 0 Å². The van der Waals surface area contributed by atoms with Crippen LogP contribution in [0.25, 0.3) is 0 Å². The van der Waals surface area contributed by atoms with Crippen molar-refractivity contribution in [1.29, 1.82) is 0 Å². The van der Waals surface area contributed by atoms with E-state index in [9.17, 15) is 0 Å². The molecule has 0 amide bonds. The molecule has 0 aromatic heterocycles. The van der Waals surface area contributed by atoms with Gasteiger partial charge in [0.25, 0.3) is 0 Å². The van der Waals surface area contributed by atoms with Crippen LogP contribution in [0.2, 0.25) is 0 Å². The molecule has 2 saturated carbocycles. The summed E-state index contributed by atoms with van der Waals surface area (Å²) in [6.45, 7) is 0.632. The second-order valence-corrected chi connectivity index (χ2v) is 6.61. The van der Waals surface area contributed by atoms with Gasteiger partial charge in [0.15, 0.2) is 0 Å². The molecule has 0 aliphatic heterocycles. The van der Waals surface area contributed by atoms with Crippen molar-refractivity contribution in [2.75, 3.05) is 6.66 Å². The lowest BCUT2D eigenvalue weighted by Crippen LogP contribution is -2.59. The number of hydrogen-bond acceptors (Lipinski definition) is 3. The summed E-state index contributed by atoms with van der Waals surface area (Å²) in [5, 5.41) is 0. The predicted molar refractivity (Wildman–Crippen MR) is 63.8 cm³/mol. The molecule has 0 bridgehead atoms. The van der Waals surface area contributed by atoms with E-state index in [-0.39, 0.29) is 0 Å². The summed E-state index contributed by atoms with van der Waals surface area (Å²) in [5.74, 6) is 0. The molecule has 0 spiro atoms. The Balaban J connectivity index is 0.000000228. The molecule has 2 fully saturated rings. The van der Waals surface area contributed by atoms with Gasteiger partial charge in [-0.05, 0) is 58.0 Å². The molecule has 104 valence electrons. The van der Waals surface area contributed by atoms with Gasteiger partial charge in [-0.2, -0.15) is 0 Å². The van der Waals surface area contributed by atoms with E-state index in [1.54, 1.807) is 0 Å². The van der Waals surface area contributed by atoms with Gasteiger partial charge in [0.1, 0.15) is 0 Å². The first-order valence-corrected chi connectivity index (χ1v) is 8.43. The maximum Gasteiger partial charge on any atom is 0.0843 e. The van der Waals surface area contributed by atoms with E-state index < -0.39 is 7.60 Å². The van der Waals surface area contributed by atoms with Crippen molar-refractivity contribution < 1.29 is 25.8 Å². The topological polar surface area (TPSA) is 118 Å². The van der Waals surface area contributed by atoms with Crippen molar-refractivity contribution in [3.63, 3.8) is 0 Å². The fraction of sp³-hybridized carbons (Fsp3) is 1.00. The Morgan fingerprint density at radius 3 is 1.12 bits per heavy atom. The lowest BCUT2D eigenvalue weighted by molar-refractivity contribution is -0.417.